The molecule has 1 aromatic rings. The van der Waals surface area contributed by atoms with E-state index in [9.17, 15) is 21.6 Å². The summed E-state index contributed by atoms with van der Waals surface area (Å²) in [4.78, 5) is -0.348. The Hall–Kier alpha value is -0.870. The highest BCUT2D eigenvalue weighted by Crippen LogP contribution is 2.23. The van der Waals surface area contributed by atoms with Gasteiger partial charge < -0.3 is 10.5 Å². The number of sulfonamides is 1. The Morgan fingerprint density at radius 2 is 2.05 bits per heavy atom. The summed E-state index contributed by atoms with van der Waals surface area (Å²) in [5.41, 5.74) is 5.49. The molecule has 0 heterocycles. The smallest absolute Gasteiger partial charge is 0.261 e. The van der Waals surface area contributed by atoms with Gasteiger partial charge in [0.2, 0.25) is 10.0 Å². The van der Waals surface area contributed by atoms with Gasteiger partial charge in [-0.25, -0.2) is 26.3 Å². The topological polar surface area (TPSA) is 81.4 Å². The highest BCUT2D eigenvalue weighted by Gasteiger charge is 2.18. The van der Waals surface area contributed by atoms with Crippen molar-refractivity contribution in [2.45, 2.75) is 17.9 Å². The van der Waals surface area contributed by atoms with E-state index in [4.69, 9.17) is 17.3 Å². The Morgan fingerprint density at radius 1 is 1.38 bits per heavy atom. The van der Waals surface area contributed by atoms with Gasteiger partial charge in [-0.15, -0.1) is 0 Å². The molecule has 1 aromatic carbocycles. The number of halogens is 4. The predicted molar refractivity (Wildman–Crippen MR) is 71.3 cm³/mol. The van der Waals surface area contributed by atoms with E-state index in [2.05, 4.69) is 9.46 Å². The van der Waals surface area contributed by atoms with Gasteiger partial charge in [-0.2, -0.15) is 0 Å². The molecule has 0 aliphatic heterocycles. The zero-order valence-corrected chi connectivity index (χ0v) is 12.4. The van der Waals surface area contributed by atoms with Crippen LogP contribution in [0.4, 0.5) is 13.2 Å². The first-order chi connectivity index (χ1) is 9.77. The van der Waals surface area contributed by atoms with E-state index >= 15 is 0 Å². The molecule has 0 fully saturated rings. The fraction of sp³-hybridized carbons (Fsp3) is 0.455. The largest absolute Gasteiger partial charge is 0.374 e. The van der Waals surface area contributed by atoms with E-state index < -0.39 is 28.9 Å². The fourth-order valence-electron chi connectivity index (χ4n) is 1.43. The molecule has 5 nitrogen and oxygen atoms in total. The van der Waals surface area contributed by atoms with Crippen molar-refractivity contribution in [3.63, 3.8) is 0 Å². The van der Waals surface area contributed by atoms with Gasteiger partial charge in [0.15, 0.2) is 0 Å². The molecule has 0 amide bonds. The summed E-state index contributed by atoms with van der Waals surface area (Å²) >= 11 is 5.63. The fourth-order valence-corrected chi connectivity index (χ4v) is 2.69. The average molecular weight is 347 g/mol. The van der Waals surface area contributed by atoms with E-state index in [1.807, 2.05) is 0 Å². The van der Waals surface area contributed by atoms with Crippen molar-refractivity contribution in [1.82, 2.24) is 4.72 Å². The van der Waals surface area contributed by atoms with Crippen LogP contribution in [-0.2, 0) is 21.3 Å². The van der Waals surface area contributed by atoms with Crippen molar-refractivity contribution in [1.29, 1.82) is 0 Å². The zero-order chi connectivity index (χ0) is 16.0. The highest BCUT2D eigenvalue weighted by atomic mass is 35.5. The number of alkyl halides is 2. The number of hydrogen-bond acceptors (Lipinski definition) is 4. The van der Waals surface area contributed by atoms with Crippen molar-refractivity contribution >= 4 is 21.6 Å². The minimum absolute atomic E-state index is 0.128. The molecular weight excluding hydrogens is 333 g/mol. The molecule has 0 aliphatic carbocycles. The lowest BCUT2D eigenvalue weighted by Gasteiger charge is -2.10. The number of benzene rings is 1. The third kappa shape index (κ3) is 5.44. The molecule has 21 heavy (non-hydrogen) atoms. The number of nitrogens with two attached hydrogens (primary N) is 1. The highest BCUT2D eigenvalue weighted by molar-refractivity contribution is 7.89. The van der Waals surface area contributed by atoms with Gasteiger partial charge in [0.1, 0.15) is 12.4 Å². The van der Waals surface area contributed by atoms with Gasteiger partial charge in [-0.05, 0) is 17.7 Å². The second-order valence-corrected chi connectivity index (χ2v) is 6.09. The summed E-state index contributed by atoms with van der Waals surface area (Å²) in [6.45, 7) is -1.37. The lowest BCUT2D eigenvalue weighted by Crippen LogP contribution is -2.28. The van der Waals surface area contributed by atoms with Crippen LogP contribution in [0, 0.1) is 5.82 Å². The third-order valence-electron chi connectivity index (χ3n) is 2.39. The van der Waals surface area contributed by atoms with Crippen LogP contribution in [0.25, 0.3) is 0 Å². The molecule has 3 N–H and O–H groups in total. The summed E-state index contributed by atoms with van der Waals surface area (Å²) in [6, 6.07) is 1.90. The van der Waals surface area contributed by atoms with Crippen molar-refractivity contribution < 1.29 is 26.3 Å². The Balaban J connectivity index is 2.72. The monoisotopic (exact) mass is 346 g/mol. The molecule has 120 valence electrons. The maximum absolute atomic E-state index is 13.5. The summed E-state index contributed by atoms with van der Waals surface area (Å²) in [5.74, 6) is -0.908. The van der Waals surface area contributed by atoms with Crippen molar-refractivity contribution in [3.8, 4) is 0 Å². The van der Waals surface area contributed by atoms with Crippen LogP contribution in [0.15, 0.2) is 17.0 Å². The normalized spacial score (nSPS) is 12.1. The van der Waals surface area contributed by atoms with Crippen LogP contribution >= 0.6 is 11.6 Å². The molecule has 0 atom stereocenters. The molecule has 0 saturated carbocycles. The van der Waals surface area contributed by atoms with E-state index in [0.717, 1.165) is 12.1 Å². The first kappa shape index (κ1) is 18.2. The molecule has 0 aromatic heterocycles. The second kappa shape index (κ2) is 7.95. The molecule has 10 heteroatoms. The molecule has 0 unspecified atom stereocenters. The van der Waals surface area contributed by atoms with Crippen LogP contribution < -0.4 is 10.5 Å². The molecule has 0 aliphatic rings. The van der Waals surface area contributed by atoms with Gasteiger partial charge in [0.25, 0.3) is 6.43 Å². The second-order valence-electron chi connectivity index (χ2n) is 3.95. The molecule has 0 spiro atoms. The Kier molecular flexibility index (Phi) is 6.88. The lowest BCUT2D eigenvalue weighted by atomic mass is 10.2. The molecular formula is C11H14ClF3N2O3S. The first-order valence-electron chi connectivity index (χ1n) is 5.81. The van der Waals surface area contributed by atoms with Gasteiger partial charge in [0, 0.05) is 13.1 Å². The van der Waals surface area contributed by atoms with Gasteiger partial charge in [-0.3, -0.25) is 0 Å². The van der Waals surface area contributed by atoms with E-state index in [-0.39, 0.29) is 35.2 Å². The van der Waals surface area contributed by atoms with Crippen LogP contribution in [-0.4, -0.2) is 34.6 Å². The van der Waals surface area contributed by atoms with Crippen LogP contribution in [0.3, 0.4) is 0 Å². The Morgan fingerprint density at radius 3 is 2.62 bits per heavy atom. The molecule has 0 saturated heterocycles. The number of hydrogen-bond donors (Lipinski definition) is 2. The van der Waals surface area contributed by atoms with Crippen molar-refractivity contribution in [3.05, 3.63) is 28.5 Å². The van der Waals surface area contributed by atoms with Crippen molar-refractivity contribution in [2.24, 2.45) is 5.73 Å². The summed E-state index contributed by atoms with van der Waals surface area (Å²) in [7, 11) is -4.00. The first-order valence-corrected chi connectivity index (χ1v) is 7.67. The molecule has 0 bridgehead atoms. The molecule has 0 radical (unpaired) electrons. The van der Waals surface area contributed by atoms with Crippen LogP contribution in [0.5, 0.6) is 0 Å². The quantitative estimate of drug-likeness (QED) is 0.699. The van der Waals surface area contributed by atoms with E-state index in [1.54, 1.807) is 0 Å². The van der Waals surface area contributed by atoms with Gasteiger partial charge in [-0.1, -0.05) is 11.6 Å². The van der Waals surface area contributed by atoms with Gasteiger partial charge >= 0.3 is 0 Å². The maximum Gasteiger partial charge on any atom is 0.261 e. The van der Waals surface area contributed by atoms with Gasteiger partial charge in [0.05, 0.1) is 16.5 Å². The SMILES string of the molecule is NCc1cc(S(=O)(=O)NCCOCC(F)F)cc(F)c1Cl. The lowest BCUT2D eigenvalue weighted by molar-refractivity contribution is 0.0199. The van der Waals surface area contributed by atoms with E-state index in [0.29, 0.717) is 0 Å². The zero-order valence-electron chi connectivity index (χ0n) is 10.8. The number of rotatable bonds is 8. The Bertz CT molecular complexity index is 584. The predicted octanol–water partition coefficient (Wildman–Crippen LogP) is 1.50. The Labute approximate surface area is 125 Å². The van der Waals surface area contributed by atoms with Crippen LogP contribution in [0.1, 0.15) is 5.56 Å². The minimum atomic E-state index is -4.00. The number of nitrogens with one attached hydrogen (secondary N) is 1. The standard InChI is InChI=1S/C11H14ClF3N2O3S/c12-11-7(5-16)3-8(4-9(11)13)21(18,19)17-1-2-20-6-10(14)15/h3-4,10,17H,1-2,5-6,16H2. The molecule has 1 rings (SSSR count). The van der Waals surface area contributed by atoms with E-state index in [1.165, 1.54) is 0 Å². The summed E-state index contributed by atoms with van der Waals surface area (Å²) in [6.07, 6.45) is -2.63. The maximum atomic E-state index is 13.5. The number of ether oxygens (including phenoxy) is 1. The summed E-state index contributed by atoms with van der Waals surface area (Å²) < 4.78 is 67.5. The third-order valence-corrected chi connectivity index (χ3v) is 4.25. The van der Waals surface area contributed by atoms with Crippen LogP contribution in [0.2, 0.25) is 5.02 Å². The average Bonchev–Trinajstić information content (AvgIpc) is 2.40. The van der Waals surface area contributed by atoms with Crippen molar-refractivity contribution in [2.75, 3.05) is 19.8 Å². The minimum Gasteiger partial charge on any atom is -0.374 e. The summed E-state index contributed by atoms with van der Waals surface area (Å²) in [5, 5.41) is -0.239.